The maximum Gasteiger partial charge on any atom is 0.164 e. The summed E-state index contributed by atoms with van der Waals surface area (Å²) in [5, 5.41) is 5.96. The second kappa shape index (κ2) is 31.4. The van der Waals surface area contributed by atoms with Crippen LogP contribution in [-0.4, -0.2) is 184 Å². The molecule has 0 aliphatic carbocycles. The molecule has 0 bridgehead atoms. The summed E-state index contributed by atoms with van der Waals surface area (Å²) in [6, 6.07) is 12.7. The number of hydrogen-bond donors (Lipinski definition) is 1. The van der Waals surface area contributed by atoms with Gasteiger partial charge in [0.15, 0.2) is 5.65 Å². The Morgan fingerprint density at radius 2 is 1.34 bits per heavy atom. The van der Waals surface area contributed by atoms with E-state index in [0.29, 0.717) is 143 Å². The standard InChI is InChI=1S/C27H31N7O.C19H39NO9/c1-6-35-23-10-9-20(14-22(23)28-2)25-24-26(32(3)4)29-17-30-27(24)34(31-25)15-18-7-8-21-16-33(5)12-11-19(21)13-18;20-2-5-23-7-9-25-11-13-27-15-17-29-19-18-28-16-14-26-12-10-24-8-6-22-4-1-3-21/h7-10,13-14,17H,2,6,11-12,15-16H2,1,3-5H3;3H,1-2,4-20H2. The summed E-state index contributed by atoms with van der Waals surface area (Å²) in [7, 11) is 6.14. The molecule has 2 aromatic heterocycles. The Kier molecular flexibility index (Phi) is 25.6. The summed E-state index contributed by atoms with van der Waals surface area (Å²) >= 11 is 0. The first-order valence-electron chi connectivity index (χ1n) is 22.1. The number of carbonyl (C=O) groups excluding carboxylic acids is 1. The van der Waals surface area contributed by atoms with E-state index in [4.69, 9.17) is 53.5 Å². The molecule has 1 aliphatic rings. The summed E-state index contributed by atoms with van der Waals surface area (Å²) in [6.07, 6.45) is 3.93. The van der Waals surface area contributed by atoms with E-state index in [0.717, 1.165) is 53.9 Å². The van der Waals surface area contributed by atoms with Gasteiger partial charge >= 0.3 is 0 Å². The Morgan fingerprint density at radius 1 is 0.766 bits per heavy atom. The number of benzene rings is 2. The third kappa shape index (κ3) is 18.6. The van der Waals surface area contributed by atoms with Crippen molar-refractivity contribution in [2.45, 2.75) is 32.9 Å². The van der Waals surface area contributed by atoms with Gasteiger partial charge in [-0.25, -0.2) is 14.6 Å². The van der Waals surface area contributed by atoms with Gasteiger partial charge in [0.1, 0.15) is 35.6 Å². The average Bonchev–Trinajstić information content (AvgIpc) is 3.67. The van der Waals surface area contributed by atoms with Crippen LogP contribution >= 0.6 is 0 Å². The fraction of sp³-hybridized carbons (Fsp3) is 0.587. The molecule has 2 N–H and O–H groups in total. The highest BCUT2D eigenvalue weighted by Gasteiger charge is 2.21. The molecule has 0 saturated heterocycles. The molecular weight excluding hydrogens is 825 g/mol. The van der Waals surface area contributed by atoms with Gasteiger partial charge in [0, 0.05) is 45.7 Å². The number of anilines is 1. The molecule has 18 heteroatoms. The molecule has 0 radical (unpaired) electrons. The Balaban J connectivity index is 0.000000287. The molecule has 0 unspecified atom stereocenters. The van der Waals surface area contributed by atoms with Gasteiger partial charge in [-0.05, 0) is 62.0 Å². The molecule has 18 nitrogen and oxygen atoms in total. The number of ether oxygens (including phenoxy) is 9. The van der Waals surface area contributed by atoms with Gasteiger partial charge in [-0.3, -0.25) is 4.99 Å². The zero-order valence-electron chi connectivity index (χ0n) is 38.4. The Morgan fingerprint density at radius 3 is 1.88 bits per heavy atom. The third-order valence-electron chi connectivity index (χ3n) is 9.69. The summed E-state index contributed by atoms with van der Waals surface area (Å²) < 4.78 is 50.2. The predicted molar refractivity (Wildman–Crippen MR) is 247 cm³/mol. The lowest BCUT2D eigenvalue weighted by molar-refractivity contribution is -0.109. The van der Waals surface area contributed by atoms with Gasteiger partial charge < -0.3 is 63.0 Å². The first-order chi connectivity index (χ1) is 31.4. The number of fused-ring (bicyclic) bond motifs is 2. The van der Waals surface area contributed by atoms with Gasteiger partial charge in [0.25, 0.3) is 0 Å². The number of nitrogens with zero attached hydrogens (tertiary/aromatic N) is 7. The van der Waals surface area contributed by atoms with Gasteiger partial charge in [-0.1, -0.05) is 18.2 Å². The van der Waals surface area contributed by atoms with Crippen molar-refractivity contribution in [1.29, 1.82) is 0 Å². The normalized spacial score (nSPS) is 12.5. The maximum atomic E-state index is 10.1. The quantitative estimate of drug-likeness (QED) is 0.0410. The fourth-order valence-electron chi connectivity index (χ4n) is 6.59. The lowest BCUT2D eigenvalue weighted by Gasteiger charge is -2.25. The minimum absolute atomic E-state index is 0.421. The zero-order chi connectivity index (χ0) is 45.6. The Bertz CT molecular complexity index is 1920. The van der Waals surface area contributed by atoms with Crippen molar-refractivity contribution < 1.29 is 47.4 Å². The van der Waals surface area contributed by atoms with E-state index in [2.05, 4.69) is 51.8 Å². The lowest BCUT2D eigenvalue weighted by atomic mass is 9.97. The van der Waals surface area contributed by atoms with Gasteiger partial charge in [-0.2, -0.15) is 5.10 Å². The number of aldehydes is 1. The Hall–Kier alpha value is -4.47. The van der Waals surface area contributed by atoms with E-state index in [-0.39, 0.29) is 0 Å². The molecule has 0 spiro atoms. The second-order valence-electron chi connectivity index (χ2n) is 14.8. The number of aromatic nitrogens is 4. The highest BCUT2D eigenvalue weighted by molar-refractivity contribution is 5.99. The SMILES string of the molecule is C=Nc1cc(-c2nn(Cc3ccc4c(c3)CCN(C)C4)c3ncnc(N(C)C)c23)ccc1OCC.NCCOCCOCCOCCOCCOCCOCCOCCOCCC=O. The van der Waals surface area contributed by atoms with Crippen molar-refractivity contribution in [2.75, 3.05) is 151 Å². The summed E-state index contributed by atoms with van der Waals surface area (Å²) in [5.74, 6) is 1.53. The number of likely N-dealkylation sites (N-methyl/N-ethyl adjacent to an activating group) is 1. The Labute approximate surface area is 378 Å². The van der Waals surface area contributed by atoms with E-state index in [1.807, 2.05) is 48.8 Å². The van der Waals surface area contributed by atoms with E-state index < -0.39 is 0 Å². The van der Waals surface area contributed by atoms with Crippen LogP contribution in [-0.2, 0) is 62.2 Å². The van der Waals surface area contributed by atoms with Crippen molar-refractivity contribution >= 4 is 35.5 Å². The van der Waals surface area contributed by atoms with Gasteiger partial charge in [0.05, 0.1) is 124 Å². The van der Waals surface area contributed by atoms with E-state index in [1.165, 1.54) is 16.7 Å². The molecule has 0 atom stereocenters. The second-order valence-corrected chi connectivity index (χ2v) is 14.8. The van der Waals surface area contributed by atoms with E-state index in [1.54, 1.807) is 6.33 Å². The van der Waals surface area contributed by atoms with Crippen LogP contribution in [0.1, 0.15) is 30.0 Å². The first kappa shape index (κ1) is 52.2. The van der Waals surface area contributed by atoms with Crippen molar-refractivity contribution in [3.63, 3.8) is 0 Å². The smallest absolute Gasteiger partial charge is 0.164 e. The maximum absolute atomic E-state index is 10.1. The van der Waals surface area contributed by atoms with Crippen LogP contribution in [0.25, 0.3) is 22.3 Å². The minimum Gasteiger partial charge on any atom is -0.492 e. The van der Waals surface area contributed by atoms with Crippen LogP contribution in [0, 0.1) is 0 Å². The molecule has 64 heavy (non-hydrogen) atoms. The van der Waals surface area contributed by atoms with Crippen LogP contribution < -0.4 is 15.4 Å². The molecular formula is C46H70N8O10. The number of carbonyl (C=O) groups is 1. The van der Waals surface area contributed by atoms with Crippen LogP contribution in [0.3, 0.4) is 0 Å². The van der Waals surface area contributed by atoms with Gasteiger partial charge in [-0.15, -0.1) is 0 Å². The fourth-order valence-corrected chi connectivity index (χ4v) is 6.59. The molecule has 0 amide bonds. The molecule has 4 aromatic rings. The minimum atomic E-state index is 0.421. The van der Waals surface area contributed by atoms with Crippen molar-refractivity contribution in [3.05, 3.63) is 59.4 Å². The molecule has 0 saturated carbocycles. The number of aliphatic imine (C=N–C) groups is 1. The van der Waals surface area contributed by atoms with Crippen LogP contribution in [0.15, 0.2) is 47.7 Å². The number of hydrogen-bond acceptors (Lipinski definition) is 17. The van der Waals surface area contributed by atoms with Crippen molar-refractivity contribution in [3.8, 4) is 17.0 Å². The molecule has 0 fully saturated rings. The predicted octanol–water partition coefficient (Wildman–Crippen LogP) is 3.99. The third-order valence-corrected chi connectivity index (χ3v) is 9.69. The monoisotopic (exact) mass is 895 g/mol. The van der Waals surface area contributed by atoms with Gasteiger partial charge in [0.2, 0.25) is 0 Å². The molecule has 354 valence electrons. The number of nitrogens with two attached hydrogens (primary N) is 1. The lowest BCUT2D eigenvalue weighted by Crippen LogP contribution is -2.26. The van der Waals surface area contributed by atoms with Crippen molar-refractivity contribution in [1.82, 2.24) is 24.6 Å². The highest BCUT2D eigenvalue weighted by Crippen LogP contribution is 2.37. The molecule has 2 aromatic carbocycles. The molecule has 5 rings (SSSR count). The van der Waals surface area contributed by atoms with Crippen LogP contribution in [0.4, 0.5) is 11.5 Å². The zero-order valence-corrected chi connectivity index (χ0v) is 38.4. The van der Waals surface area contributed by atoms with E-state index >= 15 is 0 Å². The summed E-state index contributed by atoms with van der Waals surface area (Å²) in [5.41, 5.74) is 12.6. The topological polar surface area (TPSA) is 189 Å². The summed E-state index contributed by atoms with van der Waals surface area (Å²) in [4.78, 5) is 27.8. The van der Waals surface area contributed by atoms with Crippen LogP contribution in [0.2, 0.25) is 0 Å². The molecule has 3 heterocycles. The summed E-state index contributed by atoms with van der Waals surface area (Å²) in [6.45, 7) is 17.8. The number of rotatable bonds is 33. The molecule has 1 aliphatic heterocycles. The largest absolute Gasteiger partial charge is 0.492 e. The van der Waals surface area contributed by atoms with E-state index in [9.17, 15) is 4.79 Å². The van der Waals surface area contributed by atoms with Crippen LogP contribution in [0.5, 0.6) is 5.75 Å². The van der Waals surface area contributed by atoms with Crippen molar-refractivity contribution in [2.24, 2.45) is 10.7 Å². The first-order valence-corrected chi connectivity index (χ1v) is 22.1. The average molecular weight is 895 g/mol. The highest BCUT2D eigenvalue weighted by atomic mass is 16.6.